The van der Waals surface area contributed by atoms with E-state index in [0.717, 1.165) is 12.8 Å². The Hall–Kier alpha value is -1.55. The Balaban J connectivity index is 2.75. The predicted octanol–water partition coefficient (Wildman–Crippen LogP) is 3.17. The zero-order valence-corrected chi connectivity index (χ0v) is 10.3. The van der Waals surface area contributed by atoms with Gasteiger partial charge in [0.1, 0.15) is 0 Å². The van der Waals surface area contributed by atoms with Gasteiger partial charge in [-0.15, -0.1) is 0 Å². The summed E-state index contributed by atoms with van der Waals surface area (Å²) in [6, 6.07) is 4.40. The second-order valence-corrected chi connectivity index (χ2v) is 4.06. The smallest absolute Gasteiger partial charge is 0.337 e. The number of aromatic carboxylic acids is 1. The van der Waals surface area contributed by atoms with Crippen LogP contribution in [0.1, 0.15) is 36.5 Å². The van der Waals surface area contributed by atoms with E-state index in [2.05, 4.69) is 5.32 Å². The number of carboxylic acid groups (broad SMARTS) is 1. The van der Waals surface area contributed by atoms with Crippen molar-refractivity contribution >= 4 is 29.2 Å². The summed E-state index contributed by atoms with van der Waals surface area (Å²) in [4.78, 5) is 22.3. The largest absolute Gasteiger partial charge is 0.478 e. The Labute approximate surface area is 105 Å². The summed E-state index contributed by atoms with van der Waals surface area (Å²) < 4.78 is 0. The van der Waals surface area contributed by atoms with Crippen molar-refractivity contribution < 1.29 is 14.7 Å². The quantitative estimate of drug-likeness (QED) is 0.849. The average molecular weight is 256 g/mol. The molecule has 0 aliphatic carbocycles. The molecule has 17 heavy (non-hydrogen) atoms. The topological polar surface area (TPSA) is 66.4 Å². The number of anilines is 1. The molecule has 5 heteroatoms. The molecule has 0 radical (unpaired) electrons. The molecule has 0 aliphatic rings. The molecule has 2 N–H and O–H groups in total. The average Bonchev–Trinajstić information content (AvgIpc) is 2.28. The number of carbonyl (C=O) groups excluding carboxylic acids is 1. The van der Waals surface area contributed by atoms with E-state index in [4.69, 9.17) is 16.7 Å². The number of nitrogens with one attached hydrogen (secondary N) is 1. The van der Waals surface area contributed by atoms with Crippen LogP contribution < -0.4 is 5.32 Å². The molecule has 0 aliphatic heterocycles. The molecule has 0 saturated heterocycles. The molecule has 0 spiro atoms. The van der Waals surface area contributed by atoms with Gasteiger partial charge in [-0.3, -0.25) is 4.79 Å². The standard InChI is InChI=1S/C12H14ClNO3/c1-2-3-4-11(15)14-8-5-6-10(13)9(7-8)12(16)17/h5-7H,2-4H2,1H3,(H,14,15)(H,16,17). The van der Waals surface area contributed by atoms with Gasteiger partial charge < -0.3 is 10.4 Å². The molecule has 1 amide bonds. The number of rotatable bonds is 5. The zero-order valence-electron chi connectivity index (χ0n) is 9.50. The van der Waals surface area contributed by atoms with Gasteiger partial charge >= 0.3 is 5.97 Å². The van der Waals surface area contributed by atoms with Crippen LogP contribution in [0.4, 0.5) is 5.69 Å². The van der Waals surface area contributed by atoms with Crippen LogP contribution in [0.5, 0.6) is 0 Å². The van der Waals surface area contributed by atoms with Crippen molar-refractivity contribution in [1.29, 1.82) is 0 Å². The molecule has 1 aromatic rings. The summed E-state index contributed by atoms with van der Waals surface area (Å²) >= 11 is 5.72. The number of hydrogen-bond donors (Lipinski definition) is 2. The van der Waals surface area contributed by atoms with Gasteiger partial charge in [0.2, 0.25) is 5.91 Å². The Bertz CT molecular complexity index is 432. The first-order valence-corrected chi connectivity index (χ1v) is 5.75. The fraction of sp³-hybridized carbons (Fsp3) is 0.333. The van der Waals surface area contributed by atoms with E-state index in [9.17, 15) is 9.59 Å². The maximum Gasteiger partial charge on any atom is 0.337 e. The SMILES string of the molecule is CCCCC(=O)Nc1ccc(Cl)c(C(=O)O)c1. The molecular weight excluding hydrogens is 242 g/mol. The van der Waals surface area contributed by atoms with Gasteiger partial charge in [-0.1, -0.05) is 24.9 Å². The fourth-order valence-electron chi connectivity index (χ4n) is 1.33. The normalized spacial score (nSPS) is 10.0. The highest BCUT2D eigenvalue weighted by Crippen LogP contribution is 2.20. The van der Waals surface area contributed by atoms with Crippen LogP contribution in [0, 0.1) is 0 Å². The first-order chi connectivity index (χ1) is 8.04. The second-order valence-electron chi connectivity index (χ2n) is 3.65. The van der Waals surface area contributed by atoms with Crippen molar-refractivity contribution in [3.63, 3.8) is 0 Å². The van der Waals surface area contributed by atoms with Gasteiger partial charge in [0.25, 0.3) is 0 Å². The molecule has 0 unspecified atom stereocenters. The summed E-state index contributed by atoms with van der Waals surface area (Å²) in [6.45, 7) is 2.00. The number of unbranched alkanes of at least 4 members (excludes halogenated alkanes) is 1. The van der Waals surface area contributed by atoms with Crippen molar-refractivity contribution in [2.75, 3.05) is 5.32 Å². The first kappa shape index (κ1) is 13.5. The number of carbonyl (C=O) groups is 2. The molecule has 0 aromatic heterocycles. The van der Waals surface area contributed by atoms with Crippen LogP contribution in [-0.4, -0.2) is 17.0 Å². The molecule has 1 aromatic carbocycles. The maximum absolute atomic E-state index is 11.4. The first-order valence-electron chi connectivity index (χ1n) is 5.37. The summed E-state index contributed by atoms with van der Waals surface area (Å²) in [5.41, 5.74) is 0.438. The van der Waals surface area contributed by atoms with Crippen molar-refractivity contribution in [3.8, 4) is 0 Å². The van der Waals surface area contributed by atoms with Crippen LogP contribution in [0.15, 0.2) is 18.2 Å². The number of hydrogen-bond acceptors (Lipinski definition) is 2. The van der Waals surface area contributed by atoms with Gasteiger partial charge in [0.15, 0.2) is 0 Å². The molecule has 1 rings (SSSR count). The minimum atomic E-state index is -1.11. The molecule has 0 fully saturated rings. The van der Waals surface area contributed by atoms with E-state index in [1.807, 2.05) is 6.92 Å². The minimum Gasteiger partial charge on any atom is -0.478 e. The number of carboxylic acids is 1. The number of benzene rings is 1. The molecule has 0 bridgehead atoms. The molecule has 0 atom stereocenters. The van der Waals surface area contributed by atoms with Crippen molar-refractivity contribution in [3.05, 3.63) is 28.8 Å². The van der Waals surface area contributed by atoms with Crippen molar-refractivity contribution in [1.82, 2.24) is 0 Å². The van der Waals surface area contributed by atoms with Crippen LogP contribution in [0.3, 0.4) is 0 Å². The highest BCUT2D eigenvalue weighted by molar-refractivity contribution is 6.33. The van der Waals surface area contributed by atoms with E-state index >= 15 is 0 Å². The van der Waals surface area contributed by atoms with Crippen LogP contribution in [-0.2, 0) is 4.79 Å². The Kier molecular flexibility index (Phi) is 4.97. The van der Waals surface area contributed by atoms with Crippen molar-refractivity contribution in [2.45, 2.75) is 26.2 Å². The van der Waals surface area contributed by atoms with E-state index in [-0.39, 0.29) is 16.5 Å². The summed E-state index contributed by atoms with van der Waals surface area (Å²) in [6.07, 6.45) is 2.18. The van der Waals surface area contributed by atoms with Crippen molar-refractivity contribution in [2.24, 2.45) is 0 Å². The monoisotopic (exact) mass is 255 g/mol. The van der Waals surface area contributed by atoms with E-state index in [1.54, 1.807) is 6.07 Å². The Morgan fingerprint density at radius 3 is 2.71 bits per heavy atom. The molecule has 0 heterocycles. The van der Waals surface area contributed by atoms with Gasteiger partial charge in [0, 0.05) is 12.1 Å². The third-order valence-corrected chi connectivity index (χ3v) is 2.57. The molecule has 0 saturated carbocycles. The van der Waals surface area contributed by atoms with Gasteiger partial charge in [-0.2, -0.15) is 0 Å². The Morgan fingerprint density at radius 2 is 2.12 bits per heavy atom. The van der Waals surface area contributed by atoms with E-state index < -0.39 is 5.97 Å². The molecule has 4 nitrogen and oxygen atoms in total. The number of amides is 1. The predicted molar refractivity (Wildman–Crippen MR) is 66.6 cm³/mol. The molecular formula is C12H14ClNO3. The lowest BCUT2D eigenvalue weighted by molar-refractivity contribution is -0.116. The highest BCUT2D eigenvalue weighted by Gasteiger charge is 2.10. The zero-order chi connectivity index (χ0) is 12.8. The summed E-state index contributed by atoms with van der Waals surface area (Å²) in [5.74, 6) is -1.23. The third kappa shape index (κ3) is 4.07. The fourth-order valence-corrected chi connectivity index (χ4v) is 1.53. The highest BCUT2D eigenvalue weighted by atomic mass is 35.5. The van der Waals surface area contributed by atoms with Crippen LogP contribution >= 0.6 is 11.6 Å². The van der Waals surface area contributed by atoms with Crippen LogP contribution in [0.25, 0.3) is 0 Å². The van der Waals surface area contributed by atoms with Gasteiger partial charge in [-0.05, 0) is 24.6 Å². The van der Waals surface area contributed by atoms with Gasteiger partial charge in [0.05, 0.1) is 10.6 Å². The van der Waals surface area contributed by atoms with Gasteiger partial charge in [-0.25, -0.2) is 4.79 Å². The summed E-state index contributed by atoms with van der Waals surface area (Å²) in [7, 11) is 0. The van der Waals surface area contributed by atoms with E-state index in [0.29, 0.717) is 12.1 Å². The Morgan fingerprint density at radius 1 is 1.41 bits per heavy atom. The third-order valence-electron chi connectivity index (χ3n) is 2.24. The second kappa shape index (κ2) is 6.25. The molecule has 92 valence electrons. The lowest BCUT2D eigenvalue weighted by Crippen LogP contribution is -2.11. The minimum absolute atomic E-state index is 0.0139. The van der Waals surface area contributed by atoms with Crippen LogP contribution in [0.2, 0.25) is 5.02 Å². The lowest BCUT2D eigenvalue weighted by Gasteiger charge is -2.06. The lowest BCUT2D eigenvalue weighted by atomic mass is 10.2. The maximum atomic E-state index is 11.4. The summed E-state index contributed by atoms with van der Waals surface area (Å²) in [5, 5.41) is 11.7. The van der Waals surface area contributed by atoms with E-state index in [1.165, 1.54) is 12.1 Å². The number of halogens is 1.